The third kappa shape index (κ3) is 6.30. The molecule has 0 bridgehead atoms. The van der Waals surface area contributed by atoms with Crippen molar-refractivity contribution in [3.05, 3.63) is 22.2 Å². The zero-order valence-corrected chi connectivity index (χ0v) is 23.8. The maximum Gasteiger partial charge on any atom is 0.341 e. The van der Waals surface area contributed by atoms with Gasteiger partial charge >= 0.3 is 5.97 Å². The molecular weight excluding hydrogens is 444 g/mol. The van der Waals surface area contributed by atoms with Crippen LogP contribution >= 0.6 is 11.6 Å². The summed E-state index contributed by atoms with van der Waals surface area (Å²) in [5.74, 6) is 3.16. The Morgan fingerprint density at radius 3 is 1.84 bits per heavy atom. The first-order valence-electron chi connectivity index (χ1n) is 10.6. The lowest BCUT2D eigenvalue weighted by atomic mass is 10.0. The Kier molecular flexibility index (Phi) is 8.55. The van der Waals surface area contributed by atoms with Crippen molar-refractivity contribution >= 4 is 34.2 Å². The molecule has 0 saturated carbocycles. The molecule has 31 heavy (non-hydrogen) atoms. The molecule has 0 unspecified atom stereocenters. The van der Waals surface area contributed by atoms with Gasteiger partial charge in [-0.25, -0.2) is 4.79 Å². The number of methoxy groups -OCH3 is 1. The minimum atomic E-state index is -2.26. The summed E-state index contributed by atoms with van der Waals surface area (Å²) >= 11 is 6.82. The summed E-state index contributed by atoms with van der Waals surface area (Å²) in [5.41, 5.74) is 0.964. The second-order valence-electron chi connectivity index (χ2n) is 11.0. The second kappa shape index (κ2) is 9.60. The fraction of sp³-hybridized carbons (Fsp3) is 0.625. The summed E-state index contributed by atoms with van der Waals surface area (Å²) in [5, 5.41) is 0.332. The van der Waals surface area contributed by atoms with Crippen LogP contribution in [0.1, 0.15) is 63.9 Å². The topological polar surface area (TPSA) is 44.8 Å². The highest BCUT2D eigenvalue weighted by molar-refractivity contribution is 6.75. The molecule has 0 spiro atoms. The van der Waals surface area contributed by atoms with Gasteiger partial charge in [-0.1, -0.05) is 53.1 Å². The van der Waals surface area contributed by atoms with Crippen LogP contribution in [0, 0.1) is 12.3 Å². The normalized spacial score (nSPS) is 12.9. The van der Waals surface area contributed by atoms with E-state index in [-0.39, 0.29) is 10.1 Å². The van der Waals surface area contributed by atoms with Gasteiger partial charge in [0.05, 0.1) is 12.1 Å². The Hall–Kier alpha value is -1.43. The molecule has 0 atom stereocenters. The Bertz CT molecular complexity index is 856. The smallest absolute Gasteiger partial charge is 0.341 e. The first-order chi connectivity index (χ1) is 13.9. The number of ether oxygens (including phenoxy) is 1. The van der Waals surface area contributed by atoms with Crippen LogP contribution in [0.4, 0.5) is 0 Å². The number of esters is 1. The van der Waals surface area contributed by atoms with E-state index in [1.54, 1.807) is 6.07 Å². The zero-order chi connectivity index (χ0) is 24.4. The van der Waals surface area contributed by atoms with Crippen molar-refractivity contribution in [2.75, 3.05) is 7.11 Å². The van der Waals surface area contributed by atoms with Gasteiger partial charge in [-0.05, 0) is 48.2 Å². The van der Waals surface area contributed by atoms with Crippen LogP contribution < -0.4 is 8.85 Å². The van der Waals surface area contributed by atoms with E-state index >= 15 is 0 Å². The van der Waals surface area contributed by atoms with Gasteiger partial charge in [0, 0.05) is 12.5 Å². The first-order valence-corrected chi connectivity index (χ1v) is 16.8. The molecule has 0 saturated heterocycles. The molecule has 1 aromatic carbocycles. The number of halogens is 1. The molecule has 0 fully saturated rings. The molecular formula is C24H39ClO4Si2. The van der Waals surface area contributed by atoms with Gasteiger partial charge in [0.2, 0.25) is 0 Å². The zero-order valence-electron chi connectivity index (χ0n) is 21.1. The number of benzene rings is 1. The van der Waals surface area contributed by atoms with Crippen molar-refractivity contribution in [1.29, 1.82) is 0 Å². The quantitative estimate of drug-likeness (QED) is 0.230. The summed E-state index contributed by atoms with van der Waals surface area (Å²) in [7, 11) is -3.09. The van der Waals surface area contributed by atoms with E-state index < -0.39 is 22.6 Å². The lowest BCUT2D eigenvalue weighted by molar-refractivity contribution is 0.0597. The maximum absolute atomic E-state index is 12.8. The Labute approximate surface area is 196 Å². The largest absolute Gasteiger partial charge is 0.543 e. The average Bonchev–Trinajstić information content (AvgIpc) is 2.59. The van der Waals surface area contributed by atoms with E-state index in [0.29, 0.717) is 40.5 Å². The number of hydrogen-bond acceptors (Lipinski definition) is 4. The van der Waals surface area contributed by atoms with Crippen LogP contribution in [0.5, 0.6) is 11.5 Å². The van der Waals surface area contributed by atoms with Crippen molar-refractivity contribution in [2.45, 2.75) is 90.6 Å². The molecule has 0 aromatic heterocycles. The molecule has 1 aromatic rings. The monoisotopic (exact) mass is 482 g/mol. The summed E-state index contributed by atoms with van der Waals surface area (Å²) < 4.78 is 18.3. The lowest BCUT2D eigenvalue weighted by Crippen LogP contribution is -2.45. The van der Waals surface area contributed by atoms with Crippen LogP contribution in [-0.2, 0) is 11.2 Å². The van der Waals surface area contributed by atoms with Crippen molar-refractivity contribution in [2.24, 2.45) is 0 Å². The minimum Gasteiger partial charge on any atom is -0.543 e. The highest BCUT2D eigenvalue weighted by atomic mass is 35.5. The van der Waals surface area contributed by atoms with Gasteiger partial charge in [0.1, 0.15) is 17.1 Å². The number of carbonyl (C=O) groups is 1. The summed E-state index contributed by atoms with van der Waals surface area (Å²) in [6.07, 6.45) is 6.39. The van der Waals surface area contributed by atoms with E-state index in [1.165, 1.54) is 7.11 Å². The molecule has 4 nitrogen and oxygen atoms in total. The second-order valence-corrected chi connectivity index (χ2v) is 20.8. The van der Waals surface area contributed by atoms with E-state index in [2.05, 4.69) is 73.7 Å². The maximum atomic E-state index is 12.8. The fourth-order valence-corrected chi connectivity index (χ4v) is 4.81. The van der Waals surface area contributed by atoms with Crippen LogP contribution in [0.25, 0.3) is 0 Å². The van der Waals surface area contributed by atoms with E-state index in [4.69, 9.17) is 31.6 Å². The van der Waals surface area contributed by atoms with E-state index in [0.717, 1.165) is 0 Å². The molecule has 174 valence electrons. The molecule has 0 radical (unpaired) electrons. The van der Waals surface area contributed by atoms with Gasteiger partial charge in [0.15, 0.2) is 0 Å². The Balaban J connectivity index is 3.83. The van der Waals surface area contributed by atoms with Gasteiger partial charge in [0.25, 0.3) is 16.6 Å². The first kappa shape index (κ1) is 27.6. The van der Waals surface area contributed by atoms with E-state index in [9.17, 15) is 4.79 Å². The van der Waals surface area contributed by atoms with Crippen LogP contribution in [0.15, 0.2) is 6.07 Å². The Morgan fingerprint density at radius 1 is 1.00 bits per heavy atom. The third-order valence-electron chi connectivity index (χ3n) is 6.54. The van der Waals surface area contributed by atoms with Crippen molar-refractivity contribution in [1.82, 2.24) is 0 Å². The van der Waals surface area contributed by atoms with Gasteiger partial charge in [-0.2, -0.15) is 0 Å². The number of rotatable bonds is 7. The predicted molar refractivity (Wildman–Crippen MR) is 136 cm³/mol. The number of carbonyl (C=O) groups excluding carboxylic acids is 1. The average molecular weight is 483 g/mol. The highest BCUT2D eigenvalue weighted by Crippen LogP contribution is 2.46. The van der Waals surface area contributed by atoms with Gasteiger partial charge in [-0.3, -0.25) is 0 Å². The number of hydrogen-bond donors (Lipinski definition) is 0. The van der Waals surface area contributed by atoms with Crippen molar-refractivity contribution in [3.63, 3.8) is 0 Å². The van der Waals surface area contributed by atoms with Crippen LogP contribution in [0.2, 0.25) is 41.3 Å². The van der Waals surface area contributed by atoms with Gasteiger partial charge < -0.3 is 13.6 Å². The molecule has 7 heteroatoms. The van der Waals surface area contributed by atoms with Crippen molar-refractivity contribution < 1.29 is 18.4 Å². The van der Waals surface area contributed by atoms with Gasteiger partial charge in [-0.15, -0.1) is 12.3 Å². The third-order valence-corrected chi connectivity index (χ3v) is 15.6. The van der Waals surface area contributed by atoms with E-state index in [1.807, 2.05) is 0 Å². The molecule has 0 aliphatic carbocycles. The highest BCUT2D eigenvalue weighted by Gasteiger charge is 2.42. The van der Waals surface area contributed by atoms with Crippen LogP contribution in [-0.4, -0.2) is 29.7 Å². The fourth-order valence-electron chi connectivity index (χ4n) is 2.43. The SMILES string of the molecule is C#CCCc1c(Cl)c(O[Si](C)(C)C(C)(C)C)cc(O[Si](C)(C)C(C)(C)C)c1C(=O)OC. The molecule has 0 heterocycles. The van der Waals surface area contributed by atoms with Crippen LogP contribution in [0.3, 0.4) is 0 Å². The number of terminal acetylenes is 1. The molecule has 1 rings (SSSR count). The Morgan fingerprint density at radius 2 is 1.45 bits per heavy atom. The molecule has 0 amide bonds. The lowest BCUT2D eigenvalue weighted by Gasteiger charge is -2.39. The van der Waals surface area contributed by atoms with Crippen molar-refractivity contribution in [3.8, 4) is 23.8 Å². The molecule has 0 aliphatic heterocycles. The summed E-state index contributed by atoms with van der Waals surface area (Å²) in [6, 6.07) is 1.77. The predicted octanol–water partition coefficient (Wildman–Crippen LogP) is 7.46. The standard InChI is InChI=1S/C24H39ClO4Si2/c1-13-14-15-17-20(22(26)27-8)18(28-30(9,10)23(2,3)4)16-19(21(17)25)29-31(11,12)24(5,6)7/h1,16H,14-15H2,2-12H3. The molecule has 0 aliphatic rings. The minimum absolute atomic E-state index is 0.0171. The summed E-state index contributed by atoms with van der Waals surface area (Å²) in [4.78, 5) is 12.8. The summed E-state index contributed by atoms with van der Waals surface area (Å²) in [6.45, 7) is 21.6. The molecule has 0 N–H and O–H groups in total.